The normalized spacial score (nSPS) is 11.0. The Balaban J connectivity index is 1.93. The third-order valence-corrected chi connectivity index (χ3v) is 3.92. The number of hydrogen-bond acceptors (Lipinski definition) is 3. The monoisotopic (exact) mass is 285 g/mol. The SMILES string of the molecule is CCCCCCCCNc1ccc(N)c2cnc(C)cc12. The minimum Gasteiger partial charge on any atom is -0.398 e. The van der Waals surface area contributed by atoms with Crippen LogP contribution in [-0.2, 0) is 0 Å². The van der Waals surface area contributed by atoms with E-state index in [9.17, 15) is 0 Å². The number of nitrogens with one attached hydrogen (secondary N) is 1. The highest BCUT2D eigenvalue weighted by Gasteiger charge is 2.04. The van der Waals surface area contributed by atoms with Crippen LogP contribution in [-0.4, -0.2) is 11.5 Å². The first kappa shape index (κ1) is 15.6. The van der Waals surface area contributed by atoms with E-state index in [0.717, 1.165) is 23.3 Å². The maximum absolute atomic E-state index is 6.03. The molecule has 0 aliphatic rings. The summed E-state index contributed by atoms with van der Waals surface area (Å²) in [6.45, 7) is 5.29. The van der Waals surface area contributed by atoms with Gasteiger partial charge in [0.2, 0.25) is 0 Å². The van der Waals surface area contributed by atoms with E-state index in [-0.39, 0.29) is 0 Å². The van der Waals surface area contributed by atoms with Crippen molar-refractivity contribution in [2.75, 3.05) is 17.6 Å². The number of fused-ring (bicyclic) bond motifs is 1. The maximum atomic E-state index is 6.03. The molecular formula is C18H27N3. The Morgan fingerprint density at radius 1 is 1.05 bits per heavy atom. The minimum atomic E-state index is 0.794. The molecule has 0 amide bonds. The van der Waals surface area contributed by atoms with Gasteiger partial charge in [-0.25, -0.2) is 0 Å². The van der Waals surface area contributed by atoms with Crippen molar-refractivity contribution in [1.29, 1.82) is 0 Å². The fourth-order valence-corrected chi connectivity index (χ4v) is 2.65. The van der Waals surface area contributed by atoms with Gasteiger partial charge in [0.05, 0.1) is 0 Å². The summed E-state index contributed by atoms with van der Waals surface area (Å²) in [5.74, 6) is 0. The molecule has 1 aromatic heterocycles. The highest BCUT2D eigenvalue weighted by molar-refractivity contribution is 6.00. The van der Waals surface area contributed by atoms with E-state index >= 15 is 0 Å². The zero-order valence-corrected chi connectivity index (χ0v) is 13.3. The van der Waals surface area contributed by atoms with Crippen molar-refractivity contribution in [2.45, 2.75) is 52.4 Å². The predicted molar refractivity (Wildman–Crippen MR) is 92.8 cm³/mol. The summed E-state index contributed by atoms with van der Waals surface area (Å²) in [6.07, 6.45) is 9.79. The first-order chi connectivity index (χ1) is 10.2. The van der Waals surface area contributed by atoms with Gasteiger partial charge < -0.3 is 11.1 Å². The molecule has 0 bridgehead atoms. The van der Waals surface area contributed by atoms with E-state index in [1.165, 1.54) is 49.6 Å². The van der Waals surface area contributed by atoms with E-state index in [1.807, 2.05) is 19.2 Å². The fraction of sp³-hybridized carbons (Fsp3) is 0.500. The number of hydrogen-bond donors (Lipinski definition) is 2. The van der Waals surface area contributed by atoms with Gasteiger partial charge in [-0.15, -0.1) is 0 Å². The summed E-state index contributed by atoms with van der Waals surface area (Å²) < 4.78 is 0. The second-order valence-electron chi connectivity index (χ2n) is 5.77. The van der Waals surface area contributed by atoms with Crippen LogP contribution in [0.3, 0.4) is 0 Å². The smallest absolute Gasteiger partial charge is 0.0422 e. The lowest BCUT2D eigenvalue weighted by molar-refractivity contribution is 0.617. The quantitative estimate of drug-likeness (QED) is 0.536. The Hall–Kier alpha value is -1.77. The van der Waals surface area contributed by atoms with Gasteiger partial charge in [0, 0.05) is 40.6 Å². The molecule has 3 N–H and O–H groups in total. The van der Waals surface area contributed by atoms with Crippen molar-refractivity contribution in [3.05, 3.63) is 30.1 Å². The molecule has 0 aliphatic heterocycles. The number of benzene rings is 1. The lowest BCUT2D eigenvalue weighted by atomic mass is 10.1. The van der Waals surface area contributed by atoms with Crippen LogP contribution in [0, 0.1) is 6.92 Å². The van der Waals surface area contributed by atoms with E-state index in [2.05, 4.69) is 29.4 Å². The van der Waals surface area contributed by atoms with Crippen molar-refractivity contribution in [1.82, 2.24) is 4.98 Å². The number of nitrogens with two attached hydrogens (primary N) is 1. The van der Waals surface area contributed by atoms with Crippen molar-refractivity contribution in [3.63, 3.8) is 0 Å². The third kappa shape index (κ3) is 4.35. The molecule has 0 atom stereocenters. The molecule has 1 heterocycles. The van der Waals surface area contributed by atoms with Crippen LogP contribution in [0.2, 0.25) is 0 Å². The van der Waals surface area contributed by atoms with Gasteiger partial charge in [-0.3, -0.25) is 4.98 Å². The van der Waals surface area contributed by atoms with Gasteiger partial charge in [0.25, 0.3) is 0 Å². The van der Waals surface area contributed by atoms with Crippen LogP contribution in [0.15, 0.2) is 24.4 Å². The Bertz CT molecular complexity index is 578. The molecule has 0 aliphatic carbocycles. The number of unbranched alkanes of at least 4 members (excludes halogenated alkanes) is 5. The first-order valence-electron chi connectivity index (χ1n) is 8.11. The summed E-state index contributed by atoms with van der Waals surface area (Å²) in [4.78, 5) is 4.34. The molecule has 2 aromatic rings. The van der Waals surface area contributed by atoms with Gasteiger partial charge in [-0.1, -0.05) is 39.0 Å². The van der Waals surface area contributed by atoms with Crippen molar-refractivity contribution < 1.29 is 0 Å². The zero-order chi connectivity index (χ0) is 15.1. The molecule has 2 rings (SSSR count). The van der Waals surface area contributed by atoms with Gasteiger partial charge in [0.1, 0.15) is 0 Å². The molecule has 0 spiro atoms. The average Bonchev–Trinajstić information content (AvgIpc) is 2.48. The van der Waals surface area contributed by atoms with Crippen LogP contribution in [0.4, 0.5) is 11.4 Å². The number of anilines is 2. The molecule has 3 heteroatoms. The molecule has 3 nitrogen and oxygen atoms in total. The van der Waals surface area contributed by atoms with Crippen LogP contribution >= 0.6 is 0 Å². The summed E-state index contributed by atoms with van der Waals surface area (Å²) >= 11 is 0. The van der Waals surface area contributed by atoms with Crippen LogP contribution in [0.25, 0.3) is 10.8 Å². The van der Waals surface area contributed by atoms with Crippen LogP contribution in [0.5, 0.6) is 0 Å². The molecule has 0 fully saturated rings. The summed E-state index contributed by atoms with van der Waals surface area (Å²) in [6, 6.07) is 6.15. The Labute approximate surface area is 128 Å². The number of nitrogens with zero attached hydrogens (tertiary/aromatic N) is 1. The number of rotatable bonds is 8. The number of pyridine rings is 1. The molecule has 0 radical (unpaired) electrons. The van der Waals surface area contributed by atoms with E-state index in [0.29, 0.717) is 0 Å². The largest absolute Gasteiger partial charge is 0.398 e. The van der Waals surface area contributed by atoms with Crippen molar-refractivity contribution in [3.8, 4) is 0 Å². The molecule has 0 unspecified atom stereocenters. The number of aromatic nitrogens is 1. The van der Waals surface area contributed by atoms with E-state index < -0.39 is 0 Å². The lowest BCUT2D eigenvalue weighted by Gasteiger charge is -2.11. The van der Waals surface area contributed by atoms with Gasteiger partial charge in [0.15, 0.2) is 0 Å². The van der Waals surface area contributed by atoms with Crippen LogP contribution < -0.4 is 11.1 Å². The topological polar surface area (TPSA) is 50.9 Å². The highest BCUT2D eigenvalue weighted by atomic mass is 14.9. The molecule has 0 saturated carbocycles. The standard InChI is InChI=1S/C18H27N3/c1-3-4-5-6-7-8-11-20-18-10-9-17(19)16-13-21-14(2)12-15(16)18/h9-10,12-13,20H,3-8,11,19H2,1-2H3. The Morgan fingerprint density at radius 2 is 1.81 bits per heavy atom. The highest BCUT2D eigenvalue weighted by Crippen LogP contribution is 2.28. The summed E-state index contributed by atoms with van der Waals surface area (Å²) in [5, 5.41) is 5.76. The molecule has 1 aromatic carbocycles. The minimum absolute atomic E-state index is 0.794. The summed E-state index contributed by atoms with van der Waals surface area (Å²) in [5.41, 5.74) is 9.01. The predicted octanol–water partition coefficient (Wildman–Crippen LogP) is 4.90. The number of aryl methyl sites for hydroxylation is 1. The lowest BCUT2D eigenvalue weighted by Crippen LogP contribution is -2.03. The van der Waals surface area contributed by atoms with Crippen molar-refractivity contribution >= 4 is 22.1 Å². The third-order valence-electron chi connectivity index (χ3n) is 3.92. The first-order valence-corrected chi connectivity index (χ1v) is 8.11. The van der Waals surface area contributed by atoms with Crippen molar-refractivity contribution in [2.24, 2.45) is 0 Å². The molecule has 114 valence electrons. The van der Waals surface area contributed by atoms with Gasteiger partial charge >= 0.3 is 0 Å². The maximum Gasteiger partial charge on any atom is 0.0422 e. The average molecular weight is 285 g/mol. The molecule has 0 saturated heterocycles. The second-order valence-corrected chi connectivity index (χ2v) is 5.77. The zero-order valence-electron chi connectivity index (χ0n) is 13.3. The Morgan fingerprint density at radius 3 is 2.62 bits per heavy atom. The second kappa shape index (κ2) is 7.87. The number of nitrogen functional groups attached to an aromatic ring is 1. The van der Waals surface area contributed by atoms with E-state index in [1.54, 1.807) is 0 Å². The molecular weight excluding hydrogens is 258 g/mol. The van der Waals surface area contributed by atoms with Gasteiger partial charge in [-0.2, -0.15) is 0 Å². The van der Waals surface area contributed by atoms with E-state index in [4.69, 9.17) is 5.73 Å². The van der Waals surface area contributed by atoms with Crippen LogP contribution in [0.1, 0.15) is 51.1 Å². The molecule has 21 heavy (non-hydrogen) atoms. The summed E-state index contributed by atoms with van der Waals surface area (Å²) in [7, 11) is 0. The van der Waals surface area contributed by atoms with Gasteiger partial charge in [-0.05, 0) is 31.5 Å². The fourth-order valence-electron chi connectivity index (χ4n) is 2.65. The Kier molecular flexibility index (Phi) is 5.85.